The van der Waals surface area contributed by atoms with Crippen molar-refractivity contribution >= 4 is 27.0 Å². The quantitative estimate of drug-likeness (QED) is 0.643. The van der Waals surface area contributed by atoms with E-state index in [-0.39, 0.29) is 0 Å². The Hall–Kier alpha value is -1.34. The predicted molar refractivity (Wildman–Crippen MR) is 77.5 cm³/mol. The second-order valence-corrected chi connectivity index (χ2v) is 5.89. The van der Waals surface area contributed by atoms with Gasteiger partial charge in [0, 0.05) is 9.58 Å². The summed E-state index contributed by atoms with van der Waals surface area (Å²) >= 11 is 1.91. The minimum Gasteiger partial charge on any atom is -0.135 e. The Kier molecular flexibility index (Phi) is 2.64. The molecular weight excluding hydrogens is 224 g/mol. The van der Waals surface area contributed by atoms with Gasteiger partial charge >= 0.3 is 0 Å². The van der Waals surface area contributed by atoms with Gasteiger partial charge in [-0.15, -0.1) is 11.3 Å². The molecule has 1 aliphatic rings. The molecule has 1 aromatic heterocycles. The number of allylic oxidation sites excluding steroid dienone is 4. The maximum Gasteiger partial charge on any atom is 0.0378 e. The maximum atomic E-state index is 2.37. The number of rotatable bonds is 1. The van der Waals surface area contributed by atoms with Crippen LogP contribution in [0.1, 0.15) is 23.8 Å². The van der Waals surface area contributed by atoms with Gasteiger partial charge in [-0.1, -0.05) is 43.4 Å². The monoisotopic (exact) mass is 240 g/mol. The summed E-state index contributed by atoms with van der Waals surface area (Å²) in [5, 5.41) is 1.37. The number of hydrogen-bond donors (Lipinski definition) is 0. The van der Waals surface area contributed by atoms with Crippen molar-refractivity contribution in [2.45, 2.75) is 20.3 Å². The summed E-state index contributed by atoms with van der Waals surface area (Å²) in [5.74, 6) is 0.690. The third kappa shape index (κ3) is 1.96. The standard InChI is InChI=1S/C16H16S/c1-11-6-8-13(9-7-11)15-10-14-5-3-4-12(2)16(14)17-15/h3-6,8-11H,7H2,1-2H3. The summed E-state index contributed by atoms with van der Waals surface area (Å²) in [7, 11) is 0. The average molecular weight is 240 g/mol. The zero-order chi connectivity index (χ0) is 11.8. The Morgan fingerprint density at radius 2 is 2.18 bits per heavy atom. The molecule has 1 aliphatic carbocycles. The SMILES string of the molecule is Cc1cccc2cc(C3=CCC(C)C=C3)sc12. The van der Waals surface area contributed by atoms with E-state index in [1.165, 1.54) is 32.5 Å². The lowest BCUT2D eigenvalue weighted by Gasteiger charge is -2.09. The zero-order valence-electron chi connectivity index (χ0n) is 10.2. The van der Waals surface area contributed by atoms with E-state index in [1.807, 2.05) is 11.3 Å². The van der Waals surface area contributed by atoms with E-state index in [1.54, 1.807) is 0 Å². The smallest absolute Gasteiger partial charge is 0.0378 e. The molecule has 86 valence electrons. The van der Waals surface area contributed by atoms with E-state index in [4.69, 9.17) is 0 Å². The fourth-order valence-electron chi connectivity index (χ4n) is 2.26. The van der Waals surface area contributed by atoms with Gasteiger partial charge in [-0.2, -0.15) is 0 Å². The molecule has 2 aromatic rings. The van der Waals surface area contributed by atoms with Crippen molar-refractivity contribution in [1.29, 1.82) is 0 Å². The fourth-order valence-corrected chi connectivity index (χ4v) is 3.41. The normalized spacial score (nSPS) is 19.6. The summed E-state index contributed by atoms with van der Waals surface area (Å²) in [4.78, 5) is 1.40. The molecule has 1 aromatic carbocycles. The van der Waals surface area contributed by atoms with Crippen molar-refractivity contribution in [2.24, 2.45) is 5.92 Å². The highest BCUT2D eigenvalue weighted by molar-refractivity contribution is 7.20. The summed E-state index contributed by atoms with van der Waals surface area (Å²) in [6.45, 7) is 4.45. The van der Waals surface area contributed by atoms with Gasteiger partial charge in [0.15, 0.2) is 0 Å². The van der Waals surface area contributed by atoms with Crippen molar-refractivity contribution in [3.63, 3.8) is 0 Å². The summed E-state index contributed by atoms with van der Waals surface area (Å²) in [5.41, 5.74) is 2.77. The van der Waals surface area contributed by atoms with Crippen molar-refractivity contribution in [1.82, 2.24) is 0 Å². The zero-order valence-corrected chi connectivity index (χ0v) is 11.1. The second-order valence-electron chi connectivity index (χ2n) is 4.84. The topological polar surface area (TPSA) is 0 Å². The molecule has 0 N–H and O–H groups in total. The molecule has 0 spiro atoms. The van der Waals surface area contributed by atoms with Crippen LogP contribution in [0.15, 0.2) is 42.5 Å². The average Bonchev–Trinajstić information content (AvgIpc) is 2.75. The Morgan fingerprint density at radius 3 is 2.88 bits per heavy atom. The minimum absolute atomic E-state index is 0.690. The van der Waals surface area contributed by atoms with Crippen molar-refractivity contribution in [2.75, 3.05) is 0 Å². The highest BCUT2D eigenvalue weighted by Crippen LogP contribution is 2.34. The third-order valence-corrected chi connectivity index (χ3v) is 4.67. The molecule has 3 rings (SSSR count). The highest BCUT2D eigenvalue weighted by atomic mass is 32.1. The lowest BCUT2D eigenvalue weighted by atomic mass is 9.98. The molecule has 1 atom stereocenters. The predicted octanol–water partition coefficient (Wildman–Crippen LogP) is 5.19. The van der Waals surface area contributed by atoms with Gasteiger partial charge in [-0.25, -0.2) is 0 Å². The molecule has 0 saturated carbocycles. The first-order valence-electron chi connectivity index (χ1n) is 6.12. The minimum atomic E-state index is 0.690. The van der Waals surface area contributed by atoms with Crippen LogP contribution in [0.5, 0.6) is 0 Å². The highest BCUT2D eigenvalue weighted by Gasteiger charge is 2.09. The molecule has 17 heavy (non-hydrogen) atoms. The third-order valence-electron chi connectivity index (χ3n) is 3.34. The summed E-state index contributed by atoms with van der Waals surface area (Å²) < 4.78 is 1.43. The van der Waals surface area contributed by atoms with Crippen LogP contribution in [0.2, 0.25) is 0 Å². The van der Waals surface area contributed by atoms with Gasteiger partial charge in [0.05, 0.1) is 0 Å². The van der Waals surface area contributed by atoms with E-state index >= 15 is 0 Å². The van der Waals surface area contributed by atoms with Gasteiger partial charge in [0.25, 0.3) is 0 Å². The van der Waals surface area contributed by atoms with Gasteiger partial charge in [-0.3, -0.25) is 0 Å². The van der Waals surface area contributed by atoms with E-state index in [0.29, 0.717) is 5.92 Å². The Morgan fingerprint density at radius 1 is 1.29 bits per heavy atom. The lowest BCUT2D eigenvalue weighted by Crippen LogP contribution is -1.92. The number of fused-ring (bicyclic) bond motifs is 1. The van der Waals surface area contributed by atoms with Crippen LogP contribution in [-0.4, -0.2) is 0 Å². The number of thiophene rings is 1. The molecule has 0 fully saturated rings. The van der Waals surface area contributed by atoms with E-state index in [2.05, 4.69) is 56.3 Å². The molecule has 1 heterocycles. The van der Waals surface area contributed by atoms with Gasteiger partial charge in [0.1, 0.15) is 0 Å². The van der Waals surface area contributed by atoms with Crippen LogP contribution in [-0.2, 0) is 0 Å². The molecule has 0 radical (unpaired) electrons. The van der Waals surface area contributed by atoms with E-state index in [0.717, 1.165) is 0 Å². The van der Waals surface area contributed by atoms with Crippen LogP contribution < -0.4 is 0 Å². The van der Waals surface area contributed by atoms with Crippen molar-refractivity contribution in [3.05, 3.63) is 52.9 Å². The molecule has 0 amide bonds. The number of benzene rings is 1. The largest absolute Gasteiger partial charge is 0.135 e. The van der Waals surface area contributed by atoms with Crippen LogP contribution in [0.25, 0.3) is 15.7 Å². The maximum absolute atomic E-state index is 2.37. The Bertz CT molecular complexity index is 613. The molecule has 0 bridgehead atoms. The lowest BCUT2D eigenvalue weighted by molar-refractivity contribution is 0.739. The number of aryl methyl sites for hydroxylation is 1. The summed E-state index contributed by atoms with van der Waals surface area (Å²) in [6.07, 6.45) is 8.12. The Balaban J connectivity index is 2.08. The summed E-state index contributed by atoms with van der Waals surface area (Å²) in [6, 6.07) is 8.86. The number of hydrogen-bond acceptors (Lipinski definition) is 1. The molecular formula is C16H16S. The molecule has 1 heteroatoms. The second kappa shape index (κ2) is 4.15. The van der Waals surface area contributed by atoms with Crippen molar-refractivity contribution < 1.29 is 0 Å². The van der Waals surface area contributed by atoms with Crippen LogP contribution in [0.4, 0.5) is 0 Å². The van der Waals surface area contributed by atoms with Crippen LogP contribution in [0.3, 0.4) is 0 Å². The fraction of sp³-hybridized carbons (Fsp3) is 0.250. The first-order chi connectivity index (χ1) is 8.24. The Labute approximate surface area is 106 Å². The molecule has 1 unspecified atom stereocenters. The van der Waals surface area contributed by atoms with Crippen LogP contribution in [0, 0.1) is 12.8 Å². The van der Waals surface area contributed by atoms with Gasteiger partial charge in [0.2, 0.25) is 0 Å². The van der Waals surface area contributed by atoms with Gasteiger partial charge < -0.3 is 0 Å². The van der Waals surface area contributed by atoms with E-state index < -0.39 is 0 Å². The van der Waals surface area contributed by atoms with Gasteiger partial charge in [-0.05, 0) is 41.9 Å². The molecule has 0 nitrogen and oxygen atoms in total. The molecule has 0 saturated heterocycles. The molecule has 0 aliphatic heterocycles. The van der Waals surface area contributed by atoms with E-state index in [9.17, 15) is 0 Å². The first kappa shape index (κ1) is 10.8. The van der Waals surface area contributed by atoms with Crippen LogP contribution >= 0.6 is 11.3 Å². The van der Waals surface area contributed by atoms with Crippen molar-refractivity contribution in [3.8, 4) is 0 Å². The first-order valence-corrected chi connectivity index (χ1v) is 6.93.